The van der Waals surface area contributed by atoms with Gasteiger partial charge in [0.15, 0.2) is 11.6 Å². The Labute approximate surface area is 169 Å². The molecular formula is C19H12ClF3N2O3S. The first kappa shape index (κ1) is 20.7. The Balaban J connectivity index is 1.87. The summed E-state index contributed by atoms with van der Waals surface area (Å²) >= 11 is 5.99. The van der Waals surface area contributed by atoms with E-state index in [-0.39, 0.29) is 26.9 Å². The van der Waals surface area contributed by atoms with Gasteiger partial charge in [-0.1, -0.05) is 11.6 Å². The average molecular weight is 441 g/mol. The van der Waals surface area contributed by atoms with Gasteiger partial charge in [-0.3, -0.25) is 9.52 Å². The SMILES string of the molecule is O=C(Nc1ccc(F)c(F)c1)c1cc(S(=O)(=O)Nc2ccc(F)cc2)ccc1Cl. The van der Waals surface area contributed by atoms with Crippen molar-refractivity contribution < 1.29 is 26.4 Å². The number of amides is 1. The van der Waals surface area contributed by atoms with Crippen LogP contribution in [-0.4, -0.2) is 14.3 Å². The lowest BCUT2D eigenvalue weighted by molar-refractivity contribution is 0.102. The van der Waals surface area contributed by atoms with Gasteiger partial charge in [0.2, 0.25) is 0 Å². The van der Waals surface area contributed by atoms with Crippen molar-refractivity contribution >= 4 is 38.9 Å². The summed E-state index contributed by atoms with van der Waals surface area (Å²) in [5.74, 6) is -3.59. The van der Waals surface area contributed by atoms with Gasteiger partial charge in [-0.2, -0.15) is 0 Å². The summed E-state index contributed by atoms with van der Waals surface area (Å²) in [4.78, 5) is 12.2. The maximum Gasteiger partial charge on any atom is 0.261 e. The quantitative estimate of drug-likeness (QED) is 0.597. The molecule has 0 aromatic heterocycles. The van der Waals surface area contributed by atoms with Gasteiger partial charge in [0, 0.05) is 17.4 Å². The third kappa shape index (κ3) is 4.87. The molecule has 0 bridgehead atoms. The Kier molecular flexibility index (Phi) is 5.81. The number of nitrogens with one attached hydrogen (secondary N) is 2. The molecule has 3 aromatic rings. The summed E-state index contributed by atoms with van der Waals surface area (Å²) in [6, 6.07) is 10.8. The third-order valence-electron chi connectivity index (χ3n) is 3.77. The molecule has 0 fully saturated rings. The lowest BCUT2D eigenvalue weighted by Gasteiger charge is -2.11. The van der Waals surface area contributed by atoms with Gasteiger partial charge in [0.25, 0.3) is 15.9 Å². The molecule has 0 aliphatic rings. The van der Waals surface area contributed by atoms with Crippen LogP contribution in [0.15, 0.2) is 65.6 Å². The third-order valence-corrected chi connectivity index (χ3v) is 5.48. The van der Waals surface area contributed by atoms with Gasteiger partial charge >= 0.3 is 0 Å². The van der Waals surface area contributed by atoms with Crippen molar-refractivity contribution in [1.29, 1.82) is 0 Å². The van der Waals surface area contributed by atoms with Crippen LogP contribution in [-0.2, 0) is 10.0 Å². The second-order valence-corrected chi connectivity index (χ2v) is 7.93. The molecule has 0 atom stereocenters. The largest absolute Gasteiger partial charge is 0.322 e. The highest BCUT2D eigenvalue weighted by molar-refractivity contribution is 7.92. The molecule has 0 spiro atoms. The molecule has 0 aliphatic carbocycles. The van der Waals surface area contributed by atoms with E-state index in [2.05, 4.69) is 10.0 Å². The molecule has 0 radical (unpaired) electrons. The fraction of sp³-hybridized carbons (Fsp3) is 0. The van der Waals surface area contributed by atoms with E-state index in [0.29, 0.717) is 0 Å². The van der Waals surface area contributed by atoms with E-state index < -0.39 is 33.4 Å². The molecule has 5 nitrogen and oxygen atoms in total. The molecule has 0 saturated carbocycles. The van der Waals surface area contributed by atoms with Crippen molar-refractivity contribution in [3.05, 3.63) is 88.7 Å². The smallest absolute Gasteiger partial charge is 0.261 e. The molecule has 29 heavy (non-hydrogen) atoms. The van der Waals surface area contributed by atoms with Crippen molar-refractivity contribution in [2.75, 3.05) is 10.0 Å². The van der Waals surface area contributed by atoms with Gasteiger partial charge in [-0.25, -0.2) is 21.6 Å². The zero-order chi connectivity index (χ0) is 21.2. The summed E-state index contributed by atoms with van der Waals surface area (Å²) in [5, 5.41) is 2.26. The van der Waals surface area contributed by atoms with Crippen LogP contribution < -0.4 is 10.0 Å². The molecule has 2 N–H and O–H groups in total. The number of halogens is 4. The fourth-order valence-electron chi connectivity index (χ4n) is 2.35. The number of anilines is 2. The van der Waals surface area contributed by atoms with Crippen LogP contribution in [0, 0.1) is 17.5 Å². The second-order valence-electron chi connectivity index (χ2n) is 5.84. The van der Waals surface area contributed by atoms with Crippen molar-refractivity contribution in [3.8, 4) is 0 Å². The summed E-state index contributed by atoms with van der Waals surface area (Å²) < 4.78 is 66.6. The Morgan fingerprint density at radius 3 is 2.14 bits per heavy atom. The predicted molar refractivity (Wildman–Crippen MR) is 103 cm³/mol. The maximum atomic E-state index is 13.3. The highest BCUT2D eigenvalue weighted by Crippen LogP contribution is 2.24. The second kappa shape index (κ2) is 8.14. The van der Waals surface area contributed by atoms with Crippen LogP contribution in [0.4, 0.5) is 24.5 Å². The molecule has 10 heteroatoms. The Morgan fingerprint density at radius 2 is 1.48 bits per heavy atom. The monoisotopic (exact) mass is 440 g/mol. The molecule has 0 aliphatic heterocycles. The topological polar surface area (TPSA) is 75.3 Å². The minimum atomic E-state index is -4.10. The molecule has 3 aromatic carbocycles. The Bertz CT molecular complexity index is 1190. The van der Waals surface area contributed by atoms with Gasteiger partial charge in [-0.15, -0.1) is 0 Å². The van der Waals surface area contributed by atoms with E-state index in [1.165, 1.54) is 24.3 Å². The zero-order valence-electron chi connectivity index (χ0n) is 14.4. The molecule has 150 valence electrons. The van der Waals surface area contributed by atoms with E-state index in [1.807, 2.05) is 0 Å². The van der Waals surface area contributed by atoms with Crippen molar-refractivity contribution in [3.63, 3.8) is 0 Å². The summed E-state index contributed by atoms with van der Waals surface area (Å²) in [7, 11) is -4.10. The number of hydrogen-bond donors (Lipinski definition) is 2. The molecule has 0 heterocycles. The highest BCUT2D eigenvalue weighted by Gasteiger charge is 2.19. The summed E-state index contributed by atoms with van der Waals surface area (Å²) in [6.07, 6.45) is 0. The van der Waals surface area contributed by atoms with Crippen LogP contribution in [0.5, 0.6) is 0 Å². The number of benzene rings is 3. The maximum absolute atomic E-state index is 13.3. The molecular weight excluding hydrogens is 429 g/mol. The standard InChI is InChI=1S/C19H12ClF3N2O3S/c20-16-7-6-14(29(27,28)25-12-3-1-11(21)2-4-12)10-15(16)19(26)24-13-5-8-17(22)18(23)9-13/h1-10,25H,(H,24,26). The lowest BCUT2D eigenvalue weighted by Crippen LogP contribution is -2.16. The number of rotatable bonds is 5. The van der Waals surface area contributed by atoms with E-state index in [4.69, 9.17) is 11.6 Å². The zero-order valence-corrected chi connectivity index (χ0v) is 16.0. The first-order valence-electron chi connectivity index (χ1n) is 8.00. The normalized spacial score (nSPS) is 11.2. The van der Waals surface area contributed by atoms with Gasteiger partial charge in [0.1, 0.15) is 5.82 Å². The van der Waals surface area contributed by atoms with Crippen LogP contribution in [0.3, 0.4) is 0 Å². The van der Waals surface area contributed by atoms with Gasteiger partial charge < -0.3 is 5.32 Å². The Hall–Kier alpha value is -3.04. The molecule has 3 rings (SSSR count). The van der Waals surface area contributed by atoms with Crippen LogP contribution >= 0.6 is 11.6 Å². The highest BCUT2D eigenvalue weighted by atomic mass is 35.5. The number of sulfonamides is 1. The van der Waals surface area contributed by atoms with E-state index in [1.54, 1.807) is 0 Å². The fourth-order valence-corrected chi connectivity index (χ4v) is 3.64. The van der Waals surface area contributed by atoms with Crippen molar-refractivity contribution in [2.45, 2.75) is 4.90 Å². The summed E-state index contributed by atoms with van der Waals surface area (Å²) in [5.41, 5.74) is -0.116. The van der Waals surface area contributed by atoms with Gasteiger partial charge in [0.05, 0.1) is 15.5 Å². The first-order valence-corrected chi connectivity index (χ1v) is 9.86. The van der Waals surface area contributed by atoms with Crippen LogP contribution in [0.25, 0.3) is 0 Å². The summed E-state index contributed by atoms with van der Waals surface area (Å²) in [6.45, 7) is 0. The lowest BCUT2D eigenvalue weighted by atomic mass is 10.2. The Morgan fingerprint density at radius 1 is 0.828 bits per heavy atom. The molecule has 1 amide bonds. The molecule has 0 unspecified atom stereocenters. The number of carbonyl (C=O) groups is 1. The van der Waals surface area contributed by atoms with Gasteiger partial charge in [-0.05, 0) is 54.6 Å². The van der Waals surface area contributed by atoms with Crippen LogP contribution in [0.1, 0.15) is 10.4 Å². The number of carbonyl (C=O) groups excluding carboxylic acids is 1. The van der Waals surface area contributed by atoms with E-state index in [9.17, 15) is 26.4 Å². The minimum absolute atomic E-state index is 0.0392. The predicted octanol–water partition coefficient (Wildman–Crippen LogP) is 4.81. The van der Waals surface area contributed by atoms with Crippen molar-refractivity contribution in [2.24, 2.45) is 0 Å². The molecule has 0 saturated heterocycles. The van der Waals surface area contributed by atoms with Crippen molar-refractivity contribution in [1.82, 2.24) is 0 Å². The number of hydrogen-bond acceptors (Lipinski definition) is 3. The van der Waals surface area contributed by atoms with Crippen LogP contribution in [0.2, 0.25) is 5.02 Å². The average Bonchev–Trinajstić information content (AvgIpc) is 2.66. The van der Waals surface area contributed by atoms with E-state index in [0.717, 1.165) is 36.4 Å². The van der Waals surface area contributed by atoms with E-state index >= 15 is 0 Å². The first-order chi connectivity index (χ1) is 13.7. The minimum Gasteiger partial charge on any atom is -0.322 e.